The molecule has 1 aromatic carbocycles. The maximum absolute atomic E-state index is 13.7. The lowest BCUT2D eigenvalue weighted by molar-refractivity contribution is 0.538. The fraction of sp³-hybridized carbons (Fsp3) is 0.273. The SMILES string of the molecule is CCNC(c1cn[nH]n1)c1cc(F)ccc1F. The number of nitrogens with zero attached hydrogens (tertiary/aromatic N) is 2. The first kappa shape index (κ1) is 11.7. The predicted octanol–water partition coefficient (Wildman–Crippen LogP) is 1.78. The summed E-state index contributed by atoms with van der Waals surface area (Å²) in [7, 11) is 0. The average molecular weight is 238 g/mol. The molecule has 90 valence electrons. The Hall–Kier alpha value is -1.82. The van der Waals surface area contributed by atoms with E-state index >= 15 is 0 Å². The molecule has 1 aromatic heterocycles. The van der Waals surface area contributed by atoms with Gasteiger partial charge in [0, 0.05) is 5.56 Å². The molecule has 2 N–H and O–H groups in total. The third-order valence-electron chi connectivity index (χ3n) is 2.41. The third-order valence-corrected chi connectivity index (χ3v) is 2.41. The fourth-order valence-electron chi connectivity index (χ4n) is 1.66. The zero-order chi connectivity index (χ0) is 12.3. The van der Waals surface area contributed by atoms with Crippen molar-refractivity contribution < 1.29 is 8.78 Å². The van der Waals surface area contributed by atoms with Gasteiger partial charge in [0.05, 0.1) is 12.2 Å². The van der Waals surface area contributed by atoms with E-state index in [0.717, 1.165) is 18.2 Å². The minimum Gasteiger partial charge on any atom is -0.305 e. The van der Waals surface area contributed by atoms with Crippen molar-refractivity contribution in [2.45, 2.75) is 13.0 Å². The van der Waals surface area contributed by atoms with Gasteiger partial charge < -0.3 is 5.32 Å². The molecule has 1 heterocycles. The van der Waals surface area contributed by atoms with E-state index in [1.54, 1.807) is 0 Å². The van der Waals surface area contributed by atoms with Crippen molar-refractivity contribution >= 4 is 0 Å². The highest BCUT2D eigenvalue weighted by Crippen LogP contribution is 2.23. The van der Waals surface area contributed by atoms with Crippen LogP contribution in [0.4, 0.5) is 8.78 Å². The van der Waals surface area contributed by atoms with Crippen LogP contribution in [0.3, 0.4) is 0 Å². The van der Waals surface area contributed by atoms with Crippen molar-refractivity contribution in [1.29, 1.82) is 0 Å². The van der Waals surface area contributed by atoms with Gasteiger partial charge in [-0.1, -0.05) is 6.92 Å². The molecule has 2 aromatic rings. The Kier molecular flexibility index (Phi) is 3.43. The maximum atomic E-state index is 13.7. The van der Waals surface area contributed by atoms with Crippen LogP contribution in [0.1, 0.15) is 24.2 Å². The Balaban J connectivity index is 2.42. The summed E-state index contributed by atoms with van der Waals surface area (Å²) in [6, 6.07) is 2.85. The molecule has 0 aliphatic heterocycles. The normalized spacial score (nSPS) is 12.6. The van der Waals surface area contributed by atoms with Crippen LogP contribution in [0, 0.1) is 11.6 Å². The van der Waals surface area contributed by atoms with Gasteiger partial charge >= 0.3 is 0 Å². The topological polar surface area (TPSA) is 53.6 Å². The van der Waals surface area contributed by atoms with Crippen molar-refractivity contribution in [2.24, 2.45) is 0 Å². The summed E-state index contributed by atoms with van der Waals surface area (Å²) in [6.45, 7) is 2.48. The molecular formula is C11H12F2N4. The van der Waals surface area contributed by atoms with Crippen molar-refractivity contribution in [3.8, 4) is 0 Å². The van der Waals surface area contributed by atoms with E-state index in [4.69, 9.17) is 0 Å². The Morgan fingerprint density at radius 3 is 2.88 bits per heavy atom. The number of H-pyrrole nitrogens is 1. The van der Waals surface area contributed by atoms with Gasteiger partial charge in [0.2, 0.25) is 0 Å². The molecule has 0 spiro atoms. The summed E-state index contributed by atoms with van der Waals surface area (Å²) in [6.07, 6.45) is 1.48. The second-order valence-electron chi connectivity index (χ2n) is 3.55. The molecule has 0 aliphatic carbocycles. The van der Waals surface area contributed by atoms with Gasteiger partial charge in [-0.15, -0.1) is 0 Å². The van der Waals surface area contributed by atoms with Gasteiger partial charge in [0.1, 0.15) is 17.3 Å². The highest BCUT2D eigenvalue weighted by Gasteiger charge is 2.19. The van der Waals surface area contributed by atoms with E-state index in [9.17, 15) is 8.78 Å². The number of halogens is 2. The zero-order valence-electron chi connectivity index (χ0n) is 9.24. The molecule has 0 bridgehead atoms. The summed E-state index contributed by atoms with van der Waals surface area (Å²) in [5, 5.41) is 13.1. The lowest BCUT2D eigenvalue weighted by Crippen LogP contribution is -2.23. The van der Waals surface area contributed by atoms with E-state index in [0.29, 0.717) is 12.2 Å². The van der Waals surface area contributed by atoms with E-state index in [2.05, 4.69) is 20.7 Å². The van der Waals surface area contributed by atoms with Crippen molar-refractivity contribution in [2.75, 3.05) is 6.54 Å². The van der Waals surface area contributed by atoms with Crippen LogP contribution in [0.15, 0.2) is 24.4 Å². The first-order valence-corrected chi connectivity index (χ1v) is 5.26. The second kappa shape index (κ2) is 5.01. The van der Waals surface area contributed by atoms with Gasteiger partial charge in [-0.25, -0.2) is 8.78 Å². The van der Waals surface area contributed by atoms with E-state index in [-0.39, 0.29) is 5.56 Å². The van der Waals surface area contributed by atoms with Crippen LogP contribution < -0.4 is 5.32 Å². The first-order valence-electron chi connectivity index (χ1n) is 5.26. The summed E-state index contributed by atoms with van der Waals surface area (Å²) in [5.74, 6) is -0.951. The molecule has 0 aliphatic rings. The highest BCUT2D eigenvalue weighted by atomic mass is 19.1. The largest absolute Gasteiger partial charge is 0.305 e. The molecular weight excluding hydrogens is 226 g/mol. The standard InChI is InChI=1S/C11H12F2N4/c1-2-14-11(10-6-15-17-16-10)8-5-7(12)3-4-9(8)13/h3-6,11,14H,2H2,1H3,(H,15,16,17). The van der Waals surface area contributed by atoms with Gasteiger partial charge in [-0.2, -0.15) is 15.4 Å². The zero-order valence-corrected chi connectivity index (χ0v) is 9.24. The Bertz CT molecular complexity index is 484. The second-order valence-corrected chi connectivity index (χ2v) is 3.55. The van der Waals surface area contributed by atoms with Gasteiger partial charge in [0.15, 0.2) is 0 Å². The minimum atomic E-state index is -0.505. The number of nitrogens with one attached hydrogen (secondary N) is 2. The van der Waals surface area contributed by atoms with E-state index < -0.39 is 17.7 Å². The van der Waals surface area contributed by atoms with Crippen molar-refractivity contribution in [3.05, 3.63) is 47.3 Å². The predicted molar refractivity (Wildman–Crippen MR) is 58.3 cm³/mol. The molecule has 4 nitrogen and oxygen atoms in total. The van der Waals surface area contributed by atoms with Crippen LogP contribution in [-0.2, 0) is 0 Å². The van der Waals surface area contributed by atoms with Crippen LogP contribution in [0.2, 0.25) is 0 Å². The van der Waals surface area contributed by atoms with Crippen LogP contribution >= 0.6 is 0 Å². The molecule has 6 heteroatoms. The lowest BCUT2D eigenvalue weighted by Gasteiger charge is -2.16. The number of benzene rings is 1. The smallest absolute Gasteiger partial charge is 0.128 e. The highest BCUT2D eigenvalue weighted by molar-refractivity contribution is 5.28. The third kappa shape index (κ3) is 2.47. The summed E-state index contributed by atoms with van der Waals surface area (Å²) in [5.41, 5.74) is 0.747. The van der Waals surface area contributed by atoms with Crippen molar-refractivity contribution in [3.63, 3.8) is 0 Å². The van der Waals surface area contributed by atoms with Crippen LogP contribution in [0.25, 0.3) is 0 Å². The molecule has 1 atom stereocenters. The quantitative estimate of drug-likeness (QED) is 0.853. The van der Waals surface area contributed by atoms with Gasteiger partial charge in [0.25, 0.3) is 0 Å². The molecule has 0 saturated carbocycles. The molecule has 0 amide bonds. The van der Waals surface area contributed by atoms with E-state index in [1.807, 2.05) is 6.92 Å². The first-order chi connectivity index (χ1) is 8.22. The molecule has 0 radical (unpaired) electrons. The van der Waals surface area contributed by atoms with Crippen LogP contribution in [-0.4, -0.2) is 22.0 Å². The van der Waals surface area contributed by atoms with Crippen molar-refractivity contribution in [1.82, 2.24) is 20.7 Å². The average Bonchev–Trinajstić information content (AvgIpc) is 2.83. The fourth-order valence-corrected chi connectivity index (χ4v) is 1.66. The molecule has 2 rings (SSSR count). The molecule has 17 heavy (non-hydrogen) atoms. The lowest BCUT2D eigenvalue weighted by atomic mass is 10.0. The minimum absolute atomic E-state index is 0.223. The van der Waals surface area contributed by atoms with Gasteiger partial charge in [-0.05, 0) is 24.7 Å². The Morgan fingerprint density at radius 2 is 2.24 bits per heavy atom. The summed E-state index contributed by atoms with van der Waals surface area (Å²) >= 11 is 0. The molecule has 0 saturated heterocycles. The van der Waals surface area contributed by atoms with E-state index in [1.165, 1.54) is 6.20 Å². The Morgan fingerprint density at radius 1 is 1.41 bits per heavy atom. The van der Waals surface area contributed by atoms with Crippen LogP contribution in [0.5, 0.6) is 0 Å². The molecule has 0 fully saturated rings. The number of hydrogen-bond acceptors (Lipinski definition) is 3. The maximum Gasteiger partial charge on any atom is 0.128 e. The van der Waals surface area contributed by atoms with Gasteiger partial charge in [-0.3, -0.25) is 0 Å². The number of rotatable bonds is 4. The molecule has 1 unspecified atom stereocenters. The number of hydrogen-bond donors (Lipinski definition) is 2. The number of aromatic nitrogens is 3. The number of aromatic amines is 1. The Labute approximate surface area is 97.0 Å². The summed E-state index contributed by atoms with van der Waals surface area (Å²) < 4.78 is 26.8. The summed E-state index contributed by atoms with van der Waals surface area (Å²) in [4.78, 5) is 0. The monoisotopic (exact) mass is 238 g/mol.